The molecule has 2 aromatic heterocycles. The summed E-state index contributed by atoms with van der Waals surface area (Å²) in [5, 5.41) is 6.87. The Balaban J connectivity index is 1.53. The first-order valence-corrected chi connectivity index (χ1v) is 7.18. The van der Waals surface area contributed by atoms with Gasteiger partial charge in [0.1, 0.15) is 12.7 Å². The van der Waals surface area contributed by atoms with Crippen LogP contribution in [0.15, 0.2) is 55.4 Å². The van der Waals surface area contributed by atoms with Gasteiger partial charge >= 0.3 is 0 Å². The highest BCUT2D eigenvalue weighted by Crippen LogP contribution is 2.08. The second-order valence-electron chi connectivity index (χ2n) is 4.93. The van der Waals surface area contributed by atoms with E-state index < -0.39 is 0 Å². The van der Waals surface area contributed by atoms with E-state index in [2.05, 4.69) is 25.4 Å². The van der Waals surface area contributed by atoms with Crippen LogP contribution in [-0.4, -0.2) is 30.6 Å². The largest absolute Gasteiger partial charge is 0.368 e. The molecule has 2 heterocycles. The van der Waals surface area contributed by atoms with Gasteiger partial charge in [-0.25, -0.2) is 19.6 Å². The summed E-state index contributed by atoms with van der Waals surface area (Å²) in [6.45, 7) is 0.430. The Bertz CT molecular complexity index is 824. The summed E-state index contributed by atoms with van der Waals surface area (Å²) >= 11 is 0. The third kappa shape index (κ3) is 4.01. The van der Waals surface area contributed by atoms with Crippen molar-refractivity contribution in [3.63, 3.8) is 0 Å². The quantitative estimate of drug-likeness (QED) is 0.677. The highest BCUT2D eigenvalue weighted by molar-refractivity contribution is 5.91. The molecule has 24 heavy (non-hydrogen) atoms. The van der Waals surface area contributed by atoms with Gasteiger partial charge in [0.05, 0.1) is 5.69 Å². The molecule has 0 unspecified atom stereocenters. The maximum atomic E-state index is 11.8. The van der Waals surface area contributed by atoms with Crippen molar-refractivity contribution in [2.75, 3.05) is 5.73 Å². The molecule has 1 aromatic carbocycles. The molecule has 0 aliphatic carbocycles. The molecule has 3 aromatic rings. The van der Waals surface area contributed by atoms with Crippen molar-refractivity contribution in [3.8, 4) is 5.69 Å². The molecule has 120 valence electrons. The number of nitrogen functional groups attached to an aromatic ring is 1. The number of anilines is 1. The molecule has 0 bridgehead atoms. The van der Waals surface area contributed by atoms with Gasteiger partial charge in [-0.1, -0.05) is 12.1 Å². The topological polar surface area (TPSA) is 112 Å². The van der Waals surface area contributed by atoms with Gasteiger partial charge in [0.15, 0.2) is 0 Å². The van der Waals surface area contributed by atoms with Gasteiger partial charge in [-0.2, -0.15) is 5.10 Å². The Morgan fingerprint density at radius 2 is 1.96 bits per heavy atom. The summed E-state index contributed by atoms with van der Waals surface area (Å²) in [6, 6.07) is 7.68. The third-order valence-electron chi connectivity index (χ3n) is 3.21. The molecular formula is C16H15N7O. The Labute approximate surface area is 138 Å². The first-order chi connectivity index (χ1) is 11.7. The smallest absolute Gasteiger partial charge is 0.244 e. The number of nitrogens with one attached hydrogen (secondary N) is 1. The van der Waals surface area contributed by atoms with Crippen molar-refractivity contribution >= 4 is 17.9 Å². The highest BCUT2D eigenvalue weighted by atomic mass is 16.1. The van der Waals surface area contributed by atoms with E-state index in [1.54, 1.807) is 29.5 Å². The molecule has 0 saturated carbocycles. The SMILES string of the molecule is Nc1ncc(/C=C/C(=O)NCc2ccc(-n3cncn3)cc2)cn1. The summed E-state index contributed by atoms with van der Waals surface area (Å²) in [5.74, 6) is -0.00174. The summed E-state index contributed by atoms with van der Waals surface area (Å²) < 4.78 is 1.67. The molecular weight excluding hydrogens is 306 g/mol. The minimum absolute atomic E-state index is 0.200. The minimum Gasteiger partial charge on any atom is -0.368 e. The van der Waals surface area contributed by atoms with Crippen molar-refractivity contribution in [2.24, 2.45) is 0 Å². The van der Waals surface area contributed by atoms with Gasteiger partial charge in [0.25, 0.3) is 0 Å². The van der Waals surface area contributed by atoms with E-state index >= 15 is 0 Å². The Hall–Kier alpha value is -3.55. The maximum Gasteiger partial charge on any atom is 0.244 e. The Morgan fingerprint density at radius 3 is 2.62 bits per heavy atom. The van der Waals surface area contributed by atoms with Crippen molar-refractivity contribution in [3.05, 3.63) is 66.5 Å². The van der Waals surface area contributed by atoms with E-state index in [4.69, 9.17) is 5.73 Å². The fraction of sp³-hybridized carbons (Fsp3) is 0.0625. The van der Waals surface area contributed by atoms with Crippen molar-refractivity contribution < 1.29 is 4.79 Å². The number of carbonyl (C=O) groups is 1. The zero-order chi connectivity index (χ0) is 16.8. The molecule has 3 rings (SSSR count). The van der Waals surface area contributed by atoms with E-state index in [0.717, 1.165) is 11.3 Å². The molecule has 8 heteroatoms. The molecule has 0 saturated heterocycles. The molecule has 0 radical (unpaired) electrons. The third-order valence-corrected chi connectivity index (χ3v) is 3.21. The molecule has 0 spiro atoms. The van der Waals surface area contributed by atoms with Crippen LogP contribution in [-0.2, 0) is 11.3 Å². The van der Waals surface area contributed by atoms with Gasteiger partial charge in [-0.05, 0) is 23.8 Å². The lowest BCUT2D eigenvalue weighted by Crippen LogP contribution is -2.20. The van der Waals surface area contributed by atoms with E-state index in [1.165, 1.54) is 12.4 Å². The van der Waals surface area contributed by atoms with E-state index in [1.807, 2.05) is 24.3 Å². The van der Waals surface area contributed by atoms with E-state index in [-0.39, 0.29) is 11.9 Å². The van der Waals surface area contributed by atoms with Crippen molar-refractivity contribution in [2.45, 2.75) is 6.54 Å². The van der Waals surface area contributed by atoms with E-state index in [0.29, 0.717) is 12.1 Å². The number of rotatable bonds is 5. The lowest BCUT2D eigenvalue weighted by atomic mass is 10.2. The van der Waals surface area contributed by atoms with Crippen molar-refractivity contribution in [1.82, 2.24) is 30.0 Å². The second-order valence-corrected chi connectivity index (χ2v) is 4.93. The van der Waals surface area contributed by atoms with Crippen LogP contribution in [0, 0.1) is 0 Å². The van der Waals surface area contributed by atoms with Crippen LogP contribution in [0.2, 0.25) is 0 Å². The molecule has 0 fully saturated rings. The molecule has 8 nitrogen and oxygen atoms in total. The standard InChI is InChI=1S/C16H15N7O/c17-16-20-8-13(9-21-16)3-6-15(24)19-7-12-1-4-14(5-2-12)23-11-18-10-22-23/h1-6,8-11H,7H2,(H,19,24)(H2,17,20,21)/b6-3+. The lowest BCUT2D eigenvalue weighted by Gasteiger charge is -2.04. The number of amides is 1. The minimum atomic E-state index is -0.202. The number of nitrogens with zero attached hydrogens (tertiary/aromatic N) is 5. The number of hydrogen-bond donors (Lipinski definition) is 2. The van der Waals surface area contributed by atoms with Crippen LogP contribution in [0.5, 0.6) is 0 Å². The molecule has 1 amide bonds. The van der Waals surface area contributed by atoms with Crippen LogP contribution in [0.3, 0.4) is 0 Å². The number of benzene rings is 1. The number of nitrogens with two attached hydrogens (primary N) is 1. The maximum absolute atomic E-state index is 11.8. The summed E-state index contributed by atoms with van der Waals surface area (Å²) in [6.07, 6.45) is 9.26. The fourth-order valence-electron chi connectivity index (χ4n) is 1.96. The van der Waals surface area contributed by atoms with Gasteiger partial charge in [0.2, 0.25) is 11.9 Å². The van der Waals surface area contributed by atoms with Crippen LogP contribution in [0.25, 0.3) is 11.8 Å². The lowest BCUT2D eigenvalue weighted by molar-refractivity contribution is -0.116. The van der Waals surface area contributed by atoms with Gasteiger partial charge in [-0.15, -0.1) is 0 Å². The number of hydrogen-bond acceptors (Lipinski definition) is 6. The first-order valence-electron chi connectivity index (χ1n) is 7.18. The molecule has 0 aliphatic heterocycles. The summed E-state index contributed by atoms with van der Waals surface area (Å²) in [7, 11) is 0. The second kappa shape index (κ2) is 7.14. The normalized spacial score (nSPS) is 10.8. The predicted molar refractivity (Wildman–Crippen MR) is 88.7 cm³/mol. The fourth-order valence-corrected chi connectivity index (χ4v) is 1.96. The van der Waals surface area contributed by atoms with Gasteiger partial charge in [-0.3, -0.25) is 4.79 Å². The first kappa shape index (κ1) is 15.3. The van der Waals surface area contributed by atoms with Gasteiger partial charge < -0.3 is 11.1 Å². The average Bonchev–Trinajstić information content (AvgIpc) is 3.14. The van der Waals surface area contributed by atoms with Gasteiger partial charge in [0, 0.05) is 30.6 Å². The summed E-state index contributed by atoms with van der Waals surface area (Å²) in [4.78, 5) is 23.4. The zero-order valence-corrected chi connectivity index (χ0v) is 12.7. The molecule has 0 atom stereocenters. The van der Waals surface area contributed by atoms with Crippen LogP contribution in [0.4, 0.5) is 5.95 Å². The monoisotopic (exact) mass is 321 g/mol. The average molecular weight is 321 g/mol. The highest BCUT2D eigenvalue weighted by Gasteiger charge is 2.00. The number of carbonyl (C=O) groups excluding carboxylic acids is 1. The summed E-state index contributed by atoms with van der Waals surface area (Å²) in [5.41, 5.74) is 8.00. The van der Waals surface area contributed by atoms with Crippen molar-refractivity contribution in [1.29, 1.82) is 0 Å². The molecule has 3 N–H and O–H groups in total. The molecule has 0 aliphatic rings. The van der Waals surface area contributed by atoms with Crippen LogP contribution < -0.4 is 11.1 Å². The number of aromatic nitrogens is 5. The predicted octanol–water partition coefficient (Wildman–Crippen LogP) is 0.969. The van der Waals surface area contributed by atoms with E-state index in [9.17, 15) is 4.79 Å². The zero-order valence-electron chi connectivity index (χ0n) is 12.7. The van der Waals surface area contributed by atoms with Crippen LogP contribution >= 0.6 is 0 Å². The Kier molecular flexibility index (Phi) is 4.57. The Morgan fingerprint density at radius 1 is 1.21 bits per heavy atom. The van der Waals surface area contributed by atoms with Crippen LogP contribution in [0.1, 0.15) is 11.1 Å².